The Kier molecular flexibility index (Phi) is 5.26. The van der Waals surface area contributed by atoms with E-state index in [1.165, 1.54) is 58.4 Å². The fourth-order valence-electron chi connectivity index (χ4n) is 3.22. The highest BCUT2D eigenvalue weighted by molar-refractivity contribution is 4.80. The second-order valence-corrected chi connectivity index (χ2v) is 5.88. The summed E-state index contributed by atoms with van der Waals surface area (Å²) in [5.74, 6) is 0.960. The van der Waals surface area contributed by atoms with Gasteiger partial charge in [0.05, 0.1) is 0 Å². The normalized spacial score (nSPS) is 26.5. The molecule has 0 radical (unpaired) electrons. The standard InChI is InChI=1S/C14H29N3/c1-3-15-14-6-10-17(11-7-14)12-13-4-8-16(2)9-5-13/h13-15H,3-12H2,1-2H3. The van der Waals surface area contributed by atoms with E-state index in [1.807, 2.05) is 0 Å². The zero-order chi connectivity index (χ0) is 12.1. The van der Waals surface area contributed by atoms with Gasteiger partial charge in [0.25, 0.3) is 0 Å². The van der Waals surface area contributed by atoms with E-state index in [1.54, 1.807) is 0 Å². The maximum Gasteiger partial charge on any atom is 0.00912 e. The molecule has 2 fully saturated rings. The Bertz CT molecular complexity index is 204. The lowest BCUT2D eigenvalue weighted by atomic mass is 9.95. The minimum Gasteiger partial charge on any atom is -0.314 e. The van der Waals surface area contributed by atoms with Gasteiger partial charge in [-0.1, -0.05) is 6.92 Å². The highest BCUT2D eigenvalue weighted by Gasteiger charge is 2.23. The third-order valence-corrected chi connectivity index (χ3v) is 4.43. The van der Waals surface area contributed by atoms with E-state index in [9.17, 15) is 0 Å². The molecule has 0 bridgehead atoms. The van der Waals surface area contributed by atoms with Crippen molar-refractivity contribution in [3.63, 3.8) is 0 Å². The summed E-state index contributed by atoms with van der Waals surface area (Å²) in [6.45, 7) is 9.92. The molecular formula is C14H29N3. The molecule has 2 saturated heterocycles. The smallest absolute Gasteiger partial charge is 0.00912 e. The monoisotopic (exact) mass is 239 g/mol. The number of piperidine rings is 2. The summed E-state index contributed by atoms with van der Waals surface area (Å²) < 4.78 is 0. The molecule has 0 atom stereocenters. The largest absolute Gasteiger partial charge is 0.314 e. The molecule has 3 nitrogen and oxygen atoms in total. The number of nitrogens with one attached hydrogen (secondary N) is 1. The summed E-state index contributed by atoms with van der Waals surface area (Å²) in [5, 5.41) is 3.58. The van der Waals surface area contributed by atoms with Crippen molar-refractivity contribution in [2.75, 3.05) is 46.3 Å². The van der Waals surface area contributed by atoms with E-state index in [2.05, 4.69) is 29.1 Å². The minimum atomic E-state index is 0.786. The van der Waals surface area contributed by atoms with Gasteiger partial charge in [0.2, 0.25) is 0 Å². The molecule has 100 valence electrons. The Labute approximate surface area is 107 Å². The molecule has 2 aliphatic heterocycles. The molecule has 0 spiro atoms. The molecule has 0 aromatic rings. The van der Waals surface area contributed by atoms with Gasteiger partial charge in [-0.3, -0.25) is 0 Å². The van der Waals surface area contributed by atoms with Gasteiger partial charge >= 0.3 is 0 Å². The summed E-state index contributed by atoms with van der Waals surface area (Å²) in [6, 6.07) is 0.786. The van der Waals surface area contributed by atoms with Gasteiger partial charge in [-0.25, -0.2) is 0 Å². The van der Waals surface area contributed by atoms with Gasteiger partial charge in [-0.15, -0.1) is 0 Å². The number of hydrogen-bond acceptors (Lipinski definition) is 3. The van der Waals surface area contributed by atoms with Crippen LogP contribution in [0.3, 0.4) is 0 Å². The molecule has 2 aliphatic rings. The van der Waals surface area contributed by atoms with Gasteiger partial charge < -0.3 is 15.1 Å². The van der Waals surface area contributed by atoms with E-state index in [0.29, 0.717) is 0 Å². The Morgan fingerprint density at radius 2 is 1.65 bits per heavy atom. The molecule has 2 rings (SSSR count). The highest BCUT2D eigenvalue weighted by atomic mass is 15.2. The molecular weight excluding hydrogens is 210 g/mol. The zero-order valence-electron chi connectivity index (χ0n) is 11.6. The van der Waals surface area contributed by atoms with Crippen molar-refractivity contribution in [1.82, 2.24) is 15.1 Å². The number of rotatable bonds is 4. The lowest BCUT2D eigenvalue weighted by Crippen LogP contribution is -2.45. The first-order chi connectivity index (χ1) is 8.28. The SMILES string of the molecule is CCNC1CCN(CC2CCN(C)CC2)CC1. The predicted octanol–water partition coefficient (Wildman–Crippen LogP) is 1.40. The van der Waals surface area contributed by atoms with Crippen LogP contribution in [0, 0.1) is 5.92 Å². The predicted molar refractivity (Wildman–Crippen MR) is 73.4 cm³/mol. The van der Waals surface area contributed by atoms with Crippen LogP contribution < -0.4 is 5.32 Å². The zero-order valence-corrected chi connectivity index (χ0v) is 11.6. The van der Waals surface area contributed by atoms with Crippen molar-refractivity contribution in [2.24, 2.45) is 5.92 Å². The summed E-state index contributed by atoms with van der Waals surface area (Å²) in [5.41, 5.74) is 0. The van der Waals surface area contributed by atoms with E-state index in [-0.39, 0.29) is 0 Å². The van der Waals surface area contributed by atoms with E-state index < -0.39 is 0 Å². The first kappa shape index (κ1) is 13.3. The lowest BCUT2D eigenvalue weighted by molar-refractivity contribution is 0.134. The van der Waals surface area contributed by atoms with Crippen LogP contribution in [0.15, 0.2) is 0 Å². The van der Waals surface area contributed by atoms with Crippen LogP contribution in [-0.2, 0) is 0 Å². The summed E-state index contributed by atoms with van der Waals surface area (Å²) in [7, 11) is 2.25. The maximum absolute atomic E-state index is 3.58. The first-order valence-corrected chi connectivity index (χ1v) is 7.42. The Balaban J connectivity index is 1.64. The van der Waals surface area contributed by atoms with Crippen LogP contribution in [0.25, 0.3) is 0 Å². The molecule has 0 aromatic heterocycles. The molecule has 0 aliphatic carbocycles. The summed E-state index contributed by atoms with van der Waals surface area (Å²) >= 11 is 0. The average molecular weight is 239 g/mol. The Morgan fingerprint density at radius 1 is 1.00 bits per heavy atom. The van der Waals surface area contributed by atoms with Gasteiger partial charge in [0, 0.05) is 12.6 Å². The van der Waals surface area contributed by atoms with Gasteiger partial charge in [0.15, 0.2) is 0 Å². The fraction of sp³-hybridized carbons (Fsp3) is 1.00. The number of likely N-dealkylation sites (tertiary alicyclic amines) is 2. The fourth-order valence-corrected chi connectivity index (χ4v) is 3.22. The van der Waals surface area contributed by atoms with Crippen LogP contribution in [0.2, 0.25) is 0 Å². The van der Waals surface area contributed by atoms with Crippen molar-refractivity contribution >= 4 is 0 Å². The first-order valence-electron chi connectivity index (χ1n) is 7.42. The average Bonchev–Trinajstić information content (AvgIpc) is 2.35. The van der Waals surface area contributed by atoms with Crippen molar-refractivity contribution < 1.29 is 0 Å². The van der Waals surface area contributed by atoms with E-state index >= 15 is 0 Å². The third kappa shape index (κ3) is 4.23. The van der Waals surface area contributed by atoms with Crippen molar-refractivity contribution in [3.05, 3.63) is 0 Å². The molecule has 0 amide bonds. The van der Waals surface area contributed by atoms with Gasteiger partial charge in [-0.2, -0.15) is 0 Å². The van der Waals surface area contributed by atoms with Gasteiger partial charge in [-0.05, 0) is 71.4 Å². The molecule has 2 heterocycles. The second-order valence-electron chi connectivity index (χ2n) is 5.88. The van der Waals surface area contributed by atoms with Crippen LogP contribution in [-0.4, -0.2) is 62.2 Å². The third-order valence-electron chi connectivity index (χ3n) is 4.43. The molecule has 3 heteroatoms. The van der Waals surface area contributed by atoms with Crippen LogP contribution in [0.1, 0.15) is 32.6 Å². The highest BCUT2D eigenvalue weighted by Crippen LogP contribution is 2.19. The molecule has 0 unspecified atom stereocenters. The maximum atomic E-state index is 3.58. The molecule has 1 N–H and O–H groups in total. The van der Waals surface area contributed by atoms with Gasteiger partial charge in [0.1, 0.15) is 0 Å². The summed E-state index contributed by atoms with van der Waals surface area (Å²) in [4.78, 5) is 5.16. The van der Waals surface area contributed by atoms with Crippen LogP contribution in [0.5, 0.6) is 0 Å². The van der Waals surface area contributed by atoms with E-state index in [4.69, 9.17) is 0 Å². The minimum absolute atomic E-state index is 0.786. The topological polar surface area (TPSA) is 18.5 Å². The second kappa shape index (κ2) is 6.72. The van der Waals surface area contributed by atoms with Crippen molar-refractivity contribution in [2.45, 2.75) is 38.6 Å². The Morgan fingerprint density at radius 3 is 2.24 bits per heavy atom. The number of hydrogen-bond donors (Lipinski definition) is 1. The molecule has 17 heavy (non-hydrogen) atoms. The van der Waals surface area contributed by atoms with Crippen molar-refractivity contribution in [3.8, 4) is 0 Å². The lowest BCUT2D eigenvalue weighted by Gasteiger charge is -2.37. The van der Waals surface area contributed by atoms with Crippen LogP contribution in [0.4, 0.5) is 0 Å². The Hall–Kier alpha value is -0.120. The van der Waals surface area contributed by atoms with Crippen molar-refractivity contribution in [1.29, 1.82) is 0 Å². The molecule has 0 aromatic carbocycles. The quantitative estimate of drug-likeness (QED) is 0.800. The summed E-state index contributed by atoms with van der Waals surface area (Å²) in [6.07, 6.45) is 5.51. The number of nitrogens with zero attached hydrogens (tertiary/aromatic N) is 2. The molecule has 0 saturated carbocycles. The van der Waals surface area contributed by atoms with Crippen LogP contribution >= 0.6 is 0 Å². The van der Waals surface area contributed by atoms with E-state index in [0.717, 1.165) is 18.5 Å².